The van der Waals surface area contributed by atoms with E-state index in [2.05, 4.69) is 10.4 Å². The molecule has 0 atom stereocenters. The number of aromatic nitrogens is 1. The van der Waals surface area contributed by atoms with Gasteiger partial charge < -0.3 is 0 Å². The summed E-state index contributed by atoms with van der Waals surface area (Å²) in [6, 6.07) is 9.17. The third-order valence-corrected chi connectivity index (χ3v) is 5.67. The van der Waals surface area contributed by atoms with Crippen LogP contribution in [0.3, 0.4) is 0 Å². The van der Waals surface area contributed by atoms with Crippen LogP contribution in [-0.4, -0.2) is 15.6 Å². The van der Waals surface area contributed by atoms with Crippen molar-refractivity contribution in [3.8, 4) is 0 Å². The van der Waals surface area contributed by atoms with E-state index in [4.69, 9.17) is 4.99 Å². The van der Waals surface area contributed by atoms with Gasteiger partial charge in [0, 0.05) is 28.1 Å². The first kappa shape index (κ1) is 13.9. The van der Waals surface area contributed by atoms with E-state index < -0.39 is 0 Å². The van der Waals surface area contributed by atoms with E-state index in [0.29, 0.717) is 4.90 Å². The van der Waals surface area contributed by atoms with Crippen molar-refractivity contribution in [1.82, 2.24) is 4.98 Å². The molecule has 0 N–H and O–H groups in total. The predicted molar refractivity (Wildman–Crippen MR) is 91.6 cm³/mol. The summed E-state index contributed by atoms with van der Waals surface area (Å²) in [5.74, 6) is -0.180. The molecule has 0 unspecified atom stereocenters. The SMILES string of the molecule is CC1(C)N=C(c2csc3ncccc23)c2cccc(F)c2S1. The topological polar surface area (TPSA) is 25.2 Å². The van der Waals surface area contributed by atoms with Crippen LogP contribution in [0.25, 0.3) is 10.2 Å². The molecule has 1 aromatic carbocycles. The molecule has 0 aliphatic carbocycles. The third-order valence-electron chi connectivity index (χ3n) is 3.56. The highest BCUT2D eigenvalue weighted by molar-refractivity contribution is 8.00. The van der Waals surface area contributed by atoms with E-state index in [-0.39, 0.29) is 10.7 Å². The Labute approximate surface area is 136 Å². The second-order valence-corrected chi connectivity index (χ2v) is 8.10. The molecule has 1 aliphatic rings. The Kier molecular flexibility index (Phi) is 3.09. The number of hydrogen-bond donors (Lipinski definition) is 0. The van der Waals surface area contributed by atoms with Crippen molar-refractivity contribution in [2.24, 2.45) is 4.99 Å². The fourth-order valence-electron chi connectivity index (χ4n) is 2.66. The summed E-state index contributed by atoms with van der Waals surface area (Å²) >= 11 is 3.07. The molecule has 0 saturated heterocycles. The van der Waals surface area contributed by atoms with Crippen LogP contribution in [0.2, 0.25) is 0 Å². The van der Waals surface area contributed by atoms with Gasteiger partial charge in [-0.05, 0) is 32.0 Å². The Hall–Kier alpha value is -1.72. The third kappa shape index (κ3) is 2.16. The van der Waals surface area contributed by atoms with Gasteiger partial charge in [-0.2, -0.15) is 0 Å². The van der Waals surface area contributed by atoms with E-state index in [1.54, 1.807) is 23.6 Å². The van der Waals surface area contributed by atoms with Gasteiger partial charge in [0.25, 0.3) is 0 Å². The lowest BCUT2D eigenvalue weighted by Crippen LogP contribution is -2.22. The quantitative estimate of drug-likeness (QED) is 0.620. The van der Waals surface area contributed by atoms with Crippen LogP contribution in [0.4, 0.5) is 4.39 Å². The molecule has 0 saturated carbocycles. The zero-order chi connectivity index (χ0) is 15.3. The number of rotatable bonds is 1. The highest BCUT2D eigenvalue weighted by atomic mass is 32.2. The number of thiophene rings is 1. The number of fused-ring (bicyclic) bond motifs is 2. The second kappa shape index (κ2) is 4.89. The van der Waals surface area contributed by atoms with Gasteiger partial charge >= 0.3 is 0 Å². The van der Waals surface area contributed by atoms with Crippen molar-refractivity contribution >= 4 is 39.0 Å². The molecular formula is C17H13FN2S2. The van der Waals surface area contributed by atoms with E-state index in [9.17, 15) is 4.39 Å². The predicted octanol–water partition coefficient (Wildman–Crippen LogP) is 5.11. The first-order chi connectivity index (χ1) is 10.6. The number of thioether (sulfide) groups is 1. The number of pyridine rings is 1. The second-order valence-electron chi connectivity index (χ2n) is 5.63. The summed E-state index contributed by atoms with van der Waals surface area (Å²) < 4.78 is 14.3. The number of hydrogen-bond acceptors (Lipinski definition) is 4. The zero-order valence-corrected chi connectivity index (χ0v) is 13.8. The van der Waals surface area contributed by atoms with Crippen molar-refractivity contribution < 1.29 is 4.39 Å². The van der Waals surface area contributed by atoms with Crippen LogP contribution >= 0.6 is 23.1 Å². The minimum Gasteiger partial charge on any atom is -0.267 e. The number of aliphatic imine (C=N–C) groups is 1. The summed E-state index contributed by atoms with van der Waals surface area (Å²) in [5.41, 5.74) is 2.76. The molecule has 110 valence electrons. The molecule has 0 amide bonds. The lowest BCUT2D eigenvalue weighted by Gasteiger charge is -2.28. The first-order valence-electron chi connectivity index (χ1n) is 6.95. The summed E-state index contributed by atoms with van der Waals surface area (Å²) in [4.78, 5) is 10.5. The maximum atomic E-state index is 14.3. The molecule has 5 heteroatoms. The van der Waals surface area contributed by atoms with Gasteiger partial charge in [0.05, 0.1) is 10.6 Å². The molecule has 0 bridgehead atoms. The summed E-state index contributed by atoms with van der Waals surface area (Å²) in [5, 5.41) is 3.14. The van der Waals surface area contributed by atoms with Crippen LogP contribution in [-0.2, 0) is 0 Å². The Balaban J connectivity index is 2.01. The molecule has 1 aliphatic heterocycles. The Morgan fingerprint density at radius 3 is 2.82 bits per heavy atom. The maximum Gasteiger partial charge on any atom is 0.137 e. The average molecular weight is 328 g/mol. The minimum absolute atomic E-state index is 0.180. The normalized spacial score (nSPS) is 16.4. The van der Waals surface area contributed by atoms with Crippen LogP contribution in [0, 0.1) is 5.82 Å². The fraction of sp³-hybridized carbons (Fsp3) is 0.176. The standard InChI is InChI=1S/C17H13FN2S2/c1-17(2)20-14(11-5-3-7-13(18)15(11)22-17)12-9-21-16-10(12)6-4-8-19-16/h3-9H,1-2H3. The molecule has 2 aromatic heterocycles. The molecule has 3 heterocycles. The largest absolute Gasteiger partial charge is 0.267 e. The van der Waals surface area contributed by atoms with Gasteiger partial charge in [0.2, 0.25) is 0 Å². The molecule has 0 fully saturated rings. The monoisotopic (exact) mass is 328 g/mol. The van der Waals surface area contributed by atoms with Crippen molar-refractivity contribution in [2.45, 2.75) is 23.6 Å². The number of halogens is 1. The maximum absolute atomic E-state index is 14.3. The Morgan fingerprint density at radius 2 is 1.95 bits per heavy atom. The van der Waals surface area contributed by atoms with E-state index >= 15 is 0 Å². The smallest absolute Gasteiger partial charge is 0.137 e. The summed E-state index contributed by atoms with van der Waals surface area (Å²) in [6.07, 6.45) is 1.79. The van der Waals surface area contributed by atoms with Crippen LogP contribution in [0.1, 0.15) is 25.0 Å². The number of benzene rings is 1. The molecule has 3 aromatic rings. The minimum atomic E-state index is -0.388. The molecule has 0 radical (unpaired) electrons. The molecule has 0 spiro atoms. The zero-order valence-electron chi connectivity index (χ0n) is 12.1. The van der Waals surface area contributed by atoms with Crippen molar-refractivity contribution in [3.63, 3.8) is 0 Å². The van der Waals surface area contributed by atoms with Gasteiger partial charge in [-0.1, -0.05) is 23.9 Å². The highest BCUT2D eigenvalue weighted by Gasteiger charge is 2.31. The van der Waals surface area contributed by atoms with Gasteiger partial charge in [-0.15, -0.1) is 11.3 Å². The van der Waals surface area contributed by atoms with Crippen molar-refractivity contribution in [2.75, 3.05) is 0 Å². The van der Waals surface area contributed by atoms with Crippen LogP contribution in [0.15, 0.2) is 51.8 Å². The van der Waals surface area contributed by atoms with Crippen LogP contribution < -0.4 is 0 Å². The summed E-state index contributed by atoms with van der Waals surface area (Å²) in [7, 11) is 0. The molecule has 2 nitrogen and oxygen atoms in total. The van der Waals surface area contributed by atoms with E-state index in [1.165, 1.54) is 17.8 Å². The molecule has 22 heavy (non-hydrogen) atoms. The van der Waals surface area contributed by atoms with Crippen LogP contribution in [0.5, 0.6) is 0 Å². The lowest BCUT2D eigenvalue weighted by molar-refractivity contribution is 0.597. The Bertz CT molecular complexity index is 912. The first-order valence-corrected chi connectivity index (χ1v) is 8.65. The van der Waals surface area contributed by atoms with Gasteiger partial charge in [0.15, 0.2) is 0 Å². The molecular weight excluding hydrogens is 315 g/mol. The van der Waals surface area contributed by atoms with Crippen molar-refractivity contribution in [1.29, 1.82) is 0 Å². The average Bonchev–Trinajstić information content (AvgIpc) is 2.91. The van der Waals surface area contributed by atoms with E-state index in [1.807, 2.05) is 32.0 Å². The van der Waals surface area contributed by atoms with Gasteiger partial charge in [0.1, 0.15) is 15.5 Å². The van der Waals surface area contributed by atoms with Gasteiger partial charge in [-0.25, -0.2) is 9.37 Å². The van der Waals surface area contributed by atoms with Crippen molar-refractivity contribution in [3.05, 3.63) is 58.9 Å². The van der Waals surface area contributed by atoms with Gasteiger partial charge in [-0.3, -0.25) is 4.99 Å². The number of nitrogens with zero attached hydrogens (tertiary/aromatic N) is 2. The Morgan fingerprint density at radius 1 is 1.09 bits per heavy atom. The fourth-order valence-corrected chi connectivity index (χ4v) is 4.63. The lowest BCUT2D eigenvalue weighted by atomic mass is 10.0. The summed E-state index contributed by atoms with van der Waals surface area (Å²) in [6.45, 7) is 4.03. The molecule has 4 rings (SSSR count). The highest BCUT2D eigenvalue weighted by Crippen LogP contribution is 2.43. The van der Waals surface area contributed by atoms with E-state index in [0.717, 1.165) is 27.1 Å².